The lowest BCUT2D eigenvalue weighted by atomic mass is 10.0. The average molecular weight is 244 g/mol. The first-order valence-electron chi connectivity index (χ1n) is 7.31. The molecule has 2 unspecified atom stereocenters. The molecule has 2 aliphatic heterocycles. The van der Waals surface area contributed by atoms with Gasteiger partial charge in [0.15, 0.2) is 0 Å². The third-order valence-corrected chi connectivity index (χ3v) is 4.61. The van der Waals surface area contributed by atoms with Crippen molar-refractivity contribution in [3.8, 4) is 0 Å². The number of benzene rings is 1. The second-order valence-electron chi connectivity index (χ2n) is 5.94. The lowest BCUT2D eigenvalue weighted by Crippen LogP contribution is -2.40. The SMILES string of the molecule is Cc1cccc([C@H](C)NC2CCN3CCCC23)c1. The van der Waals surface area contributed by atoms with E-state index in [0.29, 0.717) is 12.1 Å². The first kappa shape index (κ1) is 12.2. The molecule has 2 nitrogen and oxygen atoms in total. The van der Waals surface area contributed by atoms with Gasteiger partial charge < -0.3 is 5.32 Å². The van der Waals surface area contributed by atoms with Gasteiger partial charge in [0, 0.05) is 24.7 Å². The van der Waals surface area contributed by atoms with Gasteiger partial charge in [-0.2, -0.15) is 0 Å². The number of nitrogens with one attached hydrogen (secondary N) is 1. The van der Waals surface area contributed by atoms with Crippen LogP contribution >= 0.6 is 0 Å². The third-order valence-electron chi connectivity index (χ3n) is 4.61. The van der Waals surface area contributed by atoms with E-state index >= 15 is 0 Å². The Balaban J connectivity index is 1.66. The highest BCUT2D eigenvalue weighted by Crippen LogP contribution is 2.29. The first-order valence-corrected chi connectivity index (χ1v) is 7.31. The van der Waals surface area contributed by atoms with Crippen LogP contribution in [0.4, 0.5) is 0 Å². The molecule has 0 radical (unpaired) electrons. The lowest BCUT2D eigenvalue weighted by molar-refractivity contribution is 0.291. The van der Waals surface area contributed by atoms with Crippen LogP contribution in [0.1, 0.15) is 43.4 Å². The van der Waals surface area contributed by atoms with Gasteiger partial charge in [0.05, 0.1) is 0 Å². The second-order valence-corrected chi connectivity index (χ2v) is 5.94. The smallest absolute Gasteiger partial charge is 0.0295 e. The largest absolute Gasteiger partial charge is 0.306 e. The number of aryl methyl sites for hydroxylation is 1. The summed E-state index contributed by atoms with van der Waals surface area (Å²) in [5, 5.41) is 3.85. The topological polar surface area (TPSA) is 15.3 Å². The van der Waals surface area contributed by atoms with Gasteiger partial charge in [-0.25, -0.2) is 0 Å². The molecule has 2 saturated heterocycles. The van der Waals surface area contributed by atoms with Crippen molar-refractivity contribution in [2.24, 2.45) is 0 Å². The van der Waals surface area contributed by atoms with E-state index in [9.17, 15) is 0 Å². The monoisotopic (exact) mass is 244 g/mol. The van der Waals surface area contributed by atoms with E-state index < -0.39 is 0 Å². The summed E-state index contributed by atoms with van der Waals surface area (Å²) in [5.74, 6) is 0. The molecule has 0 saturated carbocycles. The van der Waals surface area contributed by atoms with Crippen molar-refractivity contribution in [2.45, 2.75) is 51.2 Å². The molecule has 0 bridgehead atoms. The predicted octanol–water partition coefficient (Wildman–Crippen LogP) is 2.88. The summed E-state index contributed by atoms with van der Waals surface area (Å²) in [4.78, 5) is 2.67. The third kappa shape index (κ3) is 2.32. The van der Waals surface area contributed by atoms with E-state index in [1.807, 2.05) is 0 Å². The zero-order valence-electron chi connectivity index (χ0n) is 11.5. The van der Waals surface area contributed by atoms with Crippen molar-refractivity contribution >= 4 is 0 Å². The Morgan fingerprint density at radius 2 is 2.17 bits per heavy atom. The average Bonchev–Trinajstić information content (AvgIpc) is 2.94. The maximum Gasteiger partial charge on any atom is 0.0295 e. The minimum Gasteiger partial charge on any atom is -0.306 e. The molecule has 3 rings (SSSR count). The summed E-state index contributed by atoms with van der Waals surface area (Å²) < 4.78 is 0. The van der Waals surface area contributed by atoms with Crippen molar-refractivity contribution in [2.75, 3.05) is 13.1 Å². The van der Waals surface area contributed by atoms with Crippen molar-refractivity contribution in [1.29, 1.82) is 0 Å². The molecule has 18 heavy (non-hydrogen) atoms. The molecule has 2 heteroatoms. The highest BCUT2D eigenvalue weighted by Gasteiger charge is 2.37. The highest BCUT2D eigenvalue weighted by atomic mass is 15.2. The van der Waals surface area contributed by atoms with Gasteiger partial charge in [-0.1, -0.05) is 29.8 Å². The Labute approximate surface area is 110 Å². The molecule has 98 valence electrons. The summed E-state index contributed by atoms with van der Waals surface area (Å²) in [6, 6.07) is 10.9. The molecule has 1 aromatic rings. The fourth-order valence-corrected chi connectivity index (χ4v) is 3.63. The molecule has 3 atom stereocenters. The molecule has 1 aromatic carbocycles. The predicted molar refractivity (Wildman–Crippen MR) is 75.7 cm³/mol. The van der Waals surface area contributed by atoms with E-state index in [0.717, 1.165) is 6.04 Å². The van der Waals surface area contributed by atoms with Crippen LogP contribution in [0.2, 0.25) is 0 Å². The maximum atomic E-state index is 3.85. The Bertz CT molecular complexity index is 415. The molecule has 1 N–H and O–H groups in total. The van der Waals surface area contributed by atoms with Gasteiger partial charge in [0.2, 0.25) is 0 Å². The zero-order valence-corrected chi connectivity index (χ0v) is 11.5. The molecular weight excluding hydrogens is 220 g/mol. The van der Waals surface area contributed by atoms with Crippen molar-refractivity contribution < 1.29 is 0 Å². The van der Waals surface area contributed by atoms with Gasteiger partial charge in [-0.05, 0) is 45.2 Å². The fourth-order valence-electron chi connectivity index (χ4n) is 3.63. The van der Waals surface area contributed by atoms with Crippen molar-refractivity contribution in [3.63, 3.8) is 0 Å². The standard InChI is InChI=1S/C16H24N2/c1-12-5-3-6-14(11-12)13(2)17-15-8-10-18-9-4-7-16(15)18/h3,5-6,11,13,15-17H,4,7-10H2,1-2H3/t13-,15?,16?/m0/s1. The van der Waals surface area contributed by atoms with Crippen LogP contribution in [-0.4, -0.2) is 30.1 Å². The molecule has 2 aliphatic rings. The zero-order chi connectivity index (χ0) is 12.5. The summed E-state index contributed by atoms with van der Waals surface area (Å²) in [6.45, 7) is 7.08. The number of hydrogen-bond acceptors (Lipinski definition) is 2. The van der Waals surface area contributed by atoms with E-state index in [1.54, 1.807) is 0 Å². The normalized spacial score (nSPS) is 29.4. The van der Waals surface area contributed by atoms with E-state index in [1.165, 1.54) is 43.5 Å². The lowest BCUT2D eigenvalue weighted by Gasteiger charge is -2.25. The molecule has 0 amide bonds. The van der Waals surface area contributed by atoms with Crippen molar-refractivity contribution in [1.82, 2.24) is 10.2 Å². The van der Waals surface area contributed by atoms with E-state index in [4.69, 9.17) is 0 Å². The number of nitrogens with zero attached hydrogens (tertiary/aromatic N) is 1. The van der Waals surface area contributed by atoms with Crippen LogP contribution in [0.3, 0.4) is 0 Å². The van der Waals surface area contributed by atoms with Crippen LogP contribution in [0.15, 0.2) is 24.3 Å². The molecule has 2 heterocycles. The molecule has 0 aliphatic carbocycles. The van der Waals surface area contributed by atoms with E-state index in [-0.39, 0.29) is 0 Å². The fraction of sp³-hybridized carbons (Fsp3) is 0.625. The first-order chi connectivity index (χ1) is 8.74. The maximum absolute atomic E-state index is 3.85. The summed E-state index contributed by atoms with van der Waals surface area (Å²) in [5.41, 5.74) is 2.78. The Kier molecular flexibility index (Phi) is 3.40. The number of hydrogen-bond donors (Lipinski definition) is 1. The Morgan fingerprint density at radius 3 is 3.00 bits per heavy atom. The van der Waals surface area contributed by atoms with Crippen LogP contribution in [-0.2, 0) is 0 Å². The minimum atomic E-state index is 0.468. The Morgan fingerprint density at radius 1 is 1.28 bits per heavy atom. The second kappa shape index (κ2) is 5.02. The van der Waals surface area contributed by atoms with Crippen molar-refractivity contribution in [3.05, 3.63) is 35.4 Å². The van der Waals surface area contributed by atoms with Gasteiger partial charge >= 0.3 is 0 Å². The molecule has 2 fully saturated rings. The molecule has 0 spiro atoms. The minimum absolute atomic E-state index is 0.468. The highest BCUT2D eigenvalue weighted by molar-refractivity contribution is 5.24. The van der Waals surface area contributed by atoms with Crippen LogP contribution in [0.25, 0.3) is 0 Å². The van der Waals surface area contributed by atoms with Gasteiger partial charge in [-0.3, -0.25) is 4.90 Å². The number of fused-ring (bicyclic) bond motifs is 1. The van der Waals surface area contributed by atoms with Gasteiger partial charge in [0.1, 0.15) is 0 Å². The summed E-state index contributed by atoms with van der Waals surface area (Å²) in [6.07, 6.45) is 4.10. The van der Waals surface area contributed by atoms with Crippen LogP contribution in [0.5, 0.6) is 0 Å². The number of rotatable bonds is 3. The molecule has 0 aromatic heterocycles. The van der Waals surface area contributed by atoms with E-state index in [2.05, 4.69) is 48.3 Å². The van der Waals surface area contributed by atoms with Crippen LogP contribution in [0, 0.1) is 6.92 Å². The summed E-state index contributed by atoms with van der Waals surface area (Å²) in [7, 11) is 0. The Hall–Kier alpha value is -0.860. The summed E-state index contributed by atoms with van der Waals surface area (Å²) >= 11 is 0. The molecular formula is C16H24N2. The quantitative estimate of drug-likeness (QED) is 0.879. The van der Waals surface area contributed by atoms with Gasteiger partial charge in [0.25, 0.3) is 0 Å². The van der Waals surface area contributed by atoms with Crippen LogP contribution < -0.4 is 5.32 Å². The van der Waals surface area contributed by atoms with Gasteiger partial charge in [-0.15, -0.1) is 0 Å².